The molecule has 1 aromatic rings. The maximum absolute atomic E-state index is 9.08. The Balaban J connectivity index is 0.000000280. The van der Waals surface area contributed by atoms with Gasteiger partial charge < -0.3 is 9.45 Å². The van der Waals surface area contributed by atoms with Crippen LogP contribution in [0.2, 0.25) is 0 Å². The lowest BCUT2D eigenvalue weighted by atomic mass is 10.1. The van der Waals surface area contributed by atoms with Gasteiger partial charge in [-0.1, -0.05) is 0 Å². The third-order valence-electron chi connectivity index (χ3n) is 2.77. The van der Waals surface area contributed by atoms with Gasteiger partial charge in [-0.25, -0.2) is 13.4 Å². The molecule has 5 nitrogen and oxygen atoms in total. The normalized spacial score (nSPS) is 15.2. The SMILES string of the molecule is CS(=O)(=O)[O-].Cc1c[nH+]cc(C)c1N1CCCC1. The number of hydrogen-bond donors (Lipinski definition) is 0. The van der Waals surface area contributed by atoms with Crippen molar-refractivity contribution in [1.82, 2.24) is 0 Å². The number of rotatable bonds is 1. The van der Waals surface area contributed by atoms with Crippen molar-refractivity contribution in [3.8, 4) is 0 Å². The molecule has 0 atom stereocenters. The maximum atomic E-state index is 9.08. The number of H-pyrrole nitrogens is 1. The summed E-state index contributed by atoms with van der Waals surface area (Å²) in [5, 5.41) is 0. The van der Waals surface area contributed by atoms with Gasteiger partial charge in [-0.3, -0.25) is 0 Å². The zero-order valence-corrected chi connectivity index (χ0v) is 11.9. The van der Waals surface area contributed by atoms with Crippen LogP contribution < -0.4 is 9.88 Å². The number of nitrogens with one attached hydrogen (secondary N) is 1. The summed E-state index contributed by atoms with van der Waals surface area (Å²) in [4.78, 5) is 5.66. The first-order valence-electron chi connectivity index (χ1n) is 5.92. The number of aryl methyl sites for hydroxylation is 2. The first-order chi connectivity index (χ1) is 8.29. The van der Waals surface area contributed by atoms with E-state index >= 15 is 0 Å². The molecule has 0 unspecified atom stereocenters. The van der Waals surface area contributed by atoms with Crippen molar-refractivity contribution in [2.75, 3.05) is 24.2 Å². The average Bonchev–Trinajstić information content (AvgIpc) is 2.67. The van der Waals surface area contributed by atoms with Gasteiger partial charge in [-0.15, -0.1) is 0 Å². The number of aromatic nitrogens is 1. The summed E-state index contributed by atoms with van der Waals surface area (Å²) in [7, 11) is -3.92. The third kappa shape index (κ3) is 5.01. The van der Waals surface area contributed by atoms with Gasteiger partial charge in [0.1, 0.15) is 0 Å². The predicted molar refractivity (Wildman–Crippen MR) is 69.5 cm³/mol. The Morgan fingerprint density at radius 2 is 1.56 bits per heavy atom. The van der Waals surface area contributed by atoms with Crippen LogP contribution in [0.5, 0.6) is 0 Å². The van der Waals surface area contributed by atoms with Gasteiger partial charge in [0.2, 0.25) is 0 Å². The molecule has 0 bridgehead atoms. The monoisotopic (exact) mass is 272 g/mol. The molecule has 1 fully saturated rings. The Hall–Kier alpha value is -1.14. The van der Waals surface area contributed by atoms with Crippen LogP contribution in [0.1, 0.15) is 24.0 Å². The minimum Gasteiger partial charge on any atom is -0.748 e. The molecule has 1 aromatic heterocycles. The van der Waals surface area contributed by atoms with Gasteiger partial charge in [0.15, 0.2) is 12.4 Å². The van der Waals surface area contributed by atoms with Crippen molar-refractivity contribution < 1.29 is 18.0 Å². The third-order valence-corrected chi connectivity index (χ3v) is 2.77. The standard InChI is InChI=1S/C11H16N2.CH4O3S/c1-9-7-12-8-10(2)11(9)13-5-3-4-6-13;1-5(2,3)4/h7-8H,3-6H2,1-2H3;1H3,(H,2,3,4). The second kappa shape index (κ2) is 6.15. The second-order valence-electron chi connectivity index (χ2n) is 4.57. The Kier molecular flexibility index (Phi) is 5.10. The van der Waals surface area contributed by atoms with Crippen LogP contribution in [0.15, 0.2) is 12.4 Å². The fourth-order valence-corrected chi connectivity index (χ4v) is 2.18. The number of aromatic amines is 1. The maximum Gasteiger partial charge on any atom is 0.172 e. The summed E-state index contributed by atoms with van der Waals surface area (Å²) in [5.74, 6) is 0. The van der Waals surface area contributed by atoms with Crippen LogP contribution in [-0.2, 0) is 10.1 Å². The minimum absolute atomic E-state index is 0.604. The zero-order valence-electron chi connectivity index (χ0n) is 11.1. The van der Waals surface area contributed by atoms with Gasteiger partial charge in [0, 0.05) is 30.5 Å². The summed E-state index contributed by atoms with van der Waals surface area (Å²) in [6.07, 6.45) is 7.46. The molecule has 0 aliphatic carbocycles. The van der Waals surface area contributed by atoms with Gasteiger partial charge >= 0.3 is 0 Å². The van der Waals surface area contributed by atoms with Gasteiger partial charge in [0.25, 0.3) is 0 Å². The van der Waals surface area contributed by atoms with Gasteiger partial charge in [-0.2, -0.15) is 0 Å². The van der Waals surface area contributed by atoms with E-state index in [0.29, 0.717) is 6.26 Å². The minimum atomic E-state index is -3.92. The lowest BCUT2D eigenvalue weighted by Gasteiger charge is -2.20. The summed E-state index contributed by atoms with van der Waals surface area (Å²) in [5.41, 5.74) is 4.17. The summed E-state index contributed by atoms with van der Waals surface area (Å²) in [6.45, 7) is 6.81. The van der Waals surface area contributed by atoms with E-state index in [4.69, 9.17) is 13.0 Å². The van der Waals surface area contributed by atoms with Crippen LogP contribution in [0.3, 0.4) is 0 Å². The highest BCUT2D eigenvalue weighted by atomic mass is 32.2. The molecule has 1 aliphatic rings. The largest absolute Gasteiger partial charge is 0.748 e. The molecule has 1 saturated heterocycles. The lowest BCUT2D eigenvalue weighted by molar-refractivity contribution is -0.378. The Labute approximate surface area is 109 Å². The van der Waals surface area contributed by atoms with Crippen molar-refractivity contribution >= 4 is 15.8 Å². The van der Waals surface area contributed by atoms with E-state index < -0.39 is 10.1 Å². The van der Waals surface area contributed by atoms with E-state index in [1.807, 2.05) is 0 Å². The molecule has 2 heterocycles. The molecular weight excluding hydrogens is 252 g/mol. The molecule has 0 radical (unpaired) electrons. The quantitative estimate of drug-likeness (QED) is 0.711. The highest BCUT2D eigenvalue weighted by molar-refractivity contribution is 7.84. The van der Waals surface area contributed by atoms with Crippen molar-refractivity contribution in [2.45, 2.75) is 26.7 Å². The topological polar surface area (TPSA) is 74.6 Å². The smallest absolute Gasteiger partial charge is 0.172 e. The summed E-state index contributed by atoms with van der Waals surface area (Å²) < 4.78 is 27.2. The molecule has 2 rings (SSSR count). The second-order valence-corrected chi connectivity index (χ2v) is 5.98. The summed E-state index contributed by atoms with van der Waals surface area (Å²) in [6, 6.07) is 0. The fourth-order valence-electron chi connectivity index (χ4n) is 2.18. The Morgan fingerprint density at radius 1 is 1.17 bits per heavy atom. The van der Waals surface area contributed by atoms with Crippen molar-refractivity contribution in [2.24, 2.45) is 0 Å². The summed E-state index contributed by atoms with van der Waals surface area (Å²) >= 11 is 0. The van der Waals surface area contributed by atoms with E-state index in [0.717, 1.165) is 0 Å². The van der Waals surface area contributed by atoms with E-state index in [-0.39, 0.29) is 0 Å². The molecule has 0 spiro atoms. The van der Waals surface area contributed by atoms with Gasteiger partial charge in [-0.05, 0) is 26.7 Å². The molecule has 18 heavy (non-hydrogen) atoms. The zero-order chi connectivity index (χ0) is 13.8. The fraction of sp³-hybridized carbons (Fsp3) is 0.583. The lowest BCUT2D eigenvalue weighted by Crippen LogP contribution is -2.21. The molecule has 0 aromatic carbocycles. The van der Waals surface area contributed by atoms with E-state index in [2.05, 4.69) is 36.1 Å². The van der Waals surface area contributed by atoms with Crippen LogP contribution in [0.25, 0.3) is 0 Å². The van der Waals surface area contributed by atoms with E-state index in [9.17, 15) is 0 Å². The predicted octanol–water partition coefficient (Wildman–Crippen LogP) is 0.879. The molecule has 102 valence electrons. The van der Waals surface area contributed by atoms with E-state index in [1.165, 1.54) is 42.7 Å². The van der Waals surface area contributed by atoms with Crippen molar-refractivity contribution in [3.63, 3.8) is 0 Å². The first-order valence-corrected chi connectivity index (χ1v) is 7.74. The number of nitrogens with zero attached hydrogens (tertiary/aromatic N) is 1. The highest BCUT2D eigenvalue weighted by Crippen LogP contribution is 2.25. The van der Waals surface area contributed by atoms with Gasteiger partial charge in [0.05, 0.1) is 15.8 Å². The van der Waals surface area contributed by atoms with Crippen molar-refractivity contribution in [3.05, 3.63) is 23.5 Å². The molecular formula is C12H20N2O3S. The Morgan fingerprint density at radius 3 is 1.94 bits per heavy atom. The number of pyridine rings is 1. The highest BCUT2D eigenvalue weighted by Gasteiger charge is 2.17. The van der Waals surface area contributed by atoms with E-state index in [1.54, 1.807) is 0 Å². The van der Waals surface area contributed by atoms with Crippen LogP contribution in [-0.4, -0.2) is 32.3 Å². The average molecular weight is 272 g/mol. The Bertz CT molecular complexity index is 466. The molecule has 1 N–H and O–H groups in total. The van der Waals surface area contributed by atoms with Crippen LogP contribution in [0, 0.1) is 13.8 Å². The van der Waals surface area contributed by atoms with Crippen LogP contribution in [0.4, 0.5) is 5.69 Å². The molecule has 0 amide bonds. The molecule has 6 heteroatoms. The molecule has 0 saturated carbocycles. The molecule has 1 aliphatic heterocycles. The number of hydrogen-bond acceptors (Lipinski definition) is 4. The first kappa shape index (κ1) is 14.9. The van der Waals surface area contributed by atoms with Crippen LogP contribution >= 0.6 is 0 Å². The van der Waals surface area contributed by atoms with Crippen molar-refractivity contribution in [1.29, 1.82) is 0 Å². The number of anilines is 1.